The Bertz CT molecular complexity index is 358. The number of amides is 1. The summed E-state index contributed by atoms with van der Waals surface area (Å²) >= 11 is 0. The number of likely N-dealkylation sites (N-methyl/N-ethyl adjacent to an activating group) is 1. The van der Waals surface area contributed by atoms with Gasteiger partial charge in [0.2, 0.25) is 5.91 Å². The third-order valence-electron chi connectivity index (χ3n) is 3.96. The SMILES string of the molecule is CCCCNC(=NCC(=O)N(C)C)NCCCC1CCCCO1.I. The van der Waals surface area contributed by atoms with E-state index in [1.807, 2.05) is 0 Å². The molecule has 1 saturated heterocycles. The van der Waals surface area contributed by atoms with Crippen molar-refractivity contribution < 1.29 is 9.53 Å². The van der Waals surface area contributed by atoms with Gasteiger partial charge in [0, 0.05) is 33.8 Å². The highest BCUT2D eigenvalue weighted by atomic mass is 127. The van der Waals surface area contributed by atoms with Crippen molar-refractivity contribution in [1.82, 2.24) is 15.5 Å². The van der Waals surface area contributed by atoms with Crippen LogP contribution in [-0.4, -0.2) is 63.2 Å². The van der Waals surface area contributed by atoms with Gasteiger partial charge in [-0.1, -0.05) is 13.3 Å². The zero-order valence-electron chi connectivity index (χ0n) is 15.5. The summed E-state index contributed by atoms with van der Waals surface area (Å²) in [5.41, 5.74) is 0. The highest BCUT2D eigenvalue weighted by molar-refractivity contribution is 14.0. The van der Waals surface area contributed by atoms with Crippen LogP contribution in [0.5, 0.6) is 0 Å². The zero-order chi connectivity index (χ0) is 16.9. The molecule has 1 aliphatic heterocycles. The van der Waals surface area contributed by atoms with Gasteiger partial charge in [-0.2, -0.15) is 0 Å². The Kier molecular flexibility index (Phi) is 14.4. The van der Waals surface area contributed by atoms with E-state index in [4.69, 9.17) is 4.74 Å². The first-order valence-corrected chi connectivity index (χ1v) is 8.97. The molecular formula is C17H35IN4O2. The van der Waals surface area contributed by atoms with Gasteiger partial charge in [0.15, 0.2) is 5.96 Å². The van der Waals surface area contributed by atoms with E-state index in [-0.39, 0.29) is 36.4 Å². The molecule has 0 bridgehead atoms. The Morgan fingerprint density at radius 2 is 1.92 bits per heavy atom. The molecule has 1 atom stereocenters. The Balaban J connectivity index is 0.00000529. The Morgan fingerprint density at radius 3 is 2.50 bits per heavy atom. The van der Waals surface area contributed by atoms with Crippen LogP contribution in [0, 0.1) is 0 Å². The number of carbonyl (C=O) groups is 1. The summed E-state index contributed by atoms with van der Waals surface area (Å²) in [4.78, 5) is 17.6. The van der Waals surface area contributed by atoms with Gasteiger partial charge in [-0.05, 0) is 38.5 Å². The van der Waals surface area contributed by atoms with E-state index >= 15 is 0 Å². The molecule has 0 radical (unpaired) electrons. The van der Waals surface area contributed by atoms with Crippen LogP contribution in [0.4, 0.5) is 0 Å². The number of hydrogen-bond donors (Lipinski definition) is 2. The lowest BCUT2D eigenvalue weighted by Gasteiger charge is -2.22. The fourth-order valence-corrected chi connectivity index (χ4v) is 2.42. The fraction of sp³-hybridized carbons (Fsp3) is 0.882. The molecule has 1 heterocycles. The van der Waals surface area contributed by atoms with Crippen molar-refractivity contribution in [2.75, 3.05) is 40.3 Å². The zero-order valence-corrected chi connectivity index (χ0v) is 17.8. The minimum atomic E-state index is 0. The van der Waals surface area contributed by atoms with Crippen molar-refractivity contribution in [1.29, 1.82) is 0 Å². The predicted octanol–water partition coefficient (Wildman–Crippen LogP) is 2.38. The Morgan fingerprint density at radius 1 is 1.21 bits per heavy atom. The van der Waals surface area contributed by atoms with Gasteiger partial charge in [0.05, 0.1) is 6.10 Å². The van der Waals surface area contributed by atoms with Crippen molar-refractivity contribution in [3.63, 3.8) is 0 Å². The summed E-state index contributed by atoms with van der Waals surface area (Å²) in [5.74, 6) is 0.746. The number of nitrogens with zero attached hydrogens (tertiary/aromatic N) is 2. The first-order valence-electron chi connectivity index (χ1n) is 8.97. The van der Waals surface area contributed by atoms with E-state index in [0.717, 1.165) is 51.3 Å². The highest BCUT2D eigenvalue weighted by Gasteiger charge is 2.13. The molecule has 0 spiro atoms. The van der Waals surface area contributed by atoms with Crippen molar-refractivity contribution in [3.05, 3.63) is 0 Å². The molecule has 2 N–H and O–H groups in total. The molecule has 0 saturated carbocycles. The van der Waals surface area contributed by atoms with Crippen LogP contribution >= 0.6 is 24.0 Å². The number of aliphatic imine (C=N–C) groups is 1. The quantitative estimate of drug-likeness (QED) is 0.243. The van der Waals surface area contributed by atoms with Crippen LogP contribution in [0.15, 0.2) is 4.99 Å². The van der Waals surface area contributed by atoms with Crippen LogP contribution in [0.2, 0.25) is 0 Å². The van der Waals surface area contributed by atoms with Gasteiger partial charge in [-0.25, -0.2) is 4.99 Å². The number of nitrogens with one attached hydrogen (secondary N) is 2. The van der Waals surface area contributed by atoms with E-state index in [1.165, 1.54) is 19.3 Å². The summed E-state index contributed by atoms with van der Waals surface area (Å²) in [6, 6.07) is 0. The number of guanidine groups is 1. The van der Waals surface area contributed by atoms with E-state index < -0.39 is 0 Å². The van der Waals surface area contributed by atoms with E-state index in [0.29, 0.717) is 6.10 Å². The monoisotopic (exact) mass is 454 g/mol. The molecule has 1 aliphatic rings. The molecular weight excluding hydrogens is 419 g/mol. The minimum Gasteiger partial charge on any atom is -0.378 e. The second-order valence-corrected chi connectivity index (χ2v) is 6.29. The van der Waals surface area contributed by atoms with Gasteiger partial charge in [0.25, 0.3) is 0 Å². The molecule has 24 heavy (non-hydrogen) atoms. The molecule has 0 aromatic carbocycles. The number of carbonyl (C=O) groups excluding carboxylic acids is 1. The summed E-state index contributed by atoms with van der Waals surface area (Å²) in [6.07, 6.45) is 8.48. The maximum atomic E-state index is 11.7. The molecule has 142 valence electrons. The first kappa shape index (κ1) is 23.4. The smallest absolute Gasteiger partial charge is 0.243 e. The lowest BCUT2D eigenvalue weighted by atomic mass is 10.0. The molecule has 6 nitrogen and oxygen atoms in total. The van der Waals surface area contributed by atoms with Crippen molar-refractivity contribution in [3.8, 4) is 0 Å². The topological polar surface area (TPSA) is 66.0 Å². The van der Waals surface area contributed by atoms with Crippen molar-refractivity contribution in [2.45, 2.75) is 58.0 Å². The van der Waals surface area contributed by atoms with Crippen LogP contribution in [0.1, 0.15) is 51.9 Å². The van der Waals surface area contributed by atoms with Gasteiger partial charge in [-0.15, -0.1) is 24.0 Å². The lowest BCUT2D eigenvalue weighted by molar-refractivity contribution is -0.127. The Labute approximate surface area is 164 Å². The molecule has 1 amide bonds. The van der Waals surface area contributed by atoms with Gasteiger partial charge < -0.3 is 20.3 Å². The highest BCUT2D eigenvalue weighted by Crippen LogP contribution is 2.16. The third-order valence-corrected chi connectivity index (χ3v) is 3.96. The second kappa shape index (κ2) is 14.7. The number of halogens is 1. The van der Waals surface area contributed by atoms with Gasteiger partial charge >= 0.3 is 0 Å². The molecule has 1 unspecified atom stereocenters. The summed E-state index contributed by atoms with van der Waals surface area (Å²) in [5, 5.41) is 6.62. The predicted molar refractivity (Wildman–Crippen MR) is 110 cm³/mol. The summed E-state index contributed by atoms with van der Waals surface area (Å²) in [6.45, 7) is 4.99. The second-order valence-electron chi connectivity index (χ2n) is 6.29. The Hall–Kier alpha value is -0.570. The average Bonchev–Trinajstić information content (AvgIpc) is 2.56. The van der Waals surface area contributed by atoms with Gasteiger partial charge in [0.1, 0.15) is 6.54 Å². The van der Waals surface area contributed by atoms with Crippen LogP contribution in [0.25, 0.3) is 0 Å². The van der Waals surface area contributed by atoms with E-state index in [9.17, 15) is 4.79 Å². The minimum absolute atomic E-state index is 0. The van der Waals surface area contributed by atoms with Crippen molar-refractivity contribution >= 4 is 35.8 Å². The molecule has 0 aromatic heterocycles. The van der Waals surface area contributed by atoms with E-state index in [1.54, 1.807) is 19.0 Å². The largest absolute Gasteiger partial charge is 0.378 e. The lowest BCUT2D eigenvalue weighted by Crippen LogP contribution is -2.39. The van der Waals surface area contributed by atoms with Gasteiger partial charge in [-0.3, -0.25) is 4.79 Å². The third kappa shape index (κ3) is 11.1. The fourth-order valence-electron chi connectivity index (χ4n) is 2.42. The molecule has 1 rings (SSSR count). The van der Waals surface area contributed by atoms with Crippen molar-refractivity contribution in [2.24, 2.45) is 4.99 Å². The number of unbranched alkanes of at least 4 members (excludes halogenated alkanes) is 1. The van der Waals surface area contributed by atoms with Crippen LogP contribution in [-0.2, 0) is 9.53 Å². The number of rotatable bonds is 9. The standard InChI is InChI=1S/C17H34N4O2.HI/c1-4-5-11-18-17(20-14-16(22)21(2)3)19-12-8-10-15-9-6-7-13-23-15;/h15H,4-14H2,1-3H3,(H2,18,19,20);1H. The maximum Gasteiger partial charge on any atom is 0.243 e. The first-order chi connectivity index (χ1) is 11.1. The molecule has 1 fully saturated rings. The molecule has 0 aromatic rings. The number of hydrogen-bond acceptors (Lipinski definition) is 3. The molecule has 7 heteroatoms. The maximum absolute atomic E-state index is 11.7. The summed E-state index contributed by atoms with van der Waals surface area (Å²) < 4.78 is 5.75. The molecule has 0 aliphatic carbocycles. The van der Waals surface area contributed by atoms with Crippen LogP contribution in [0.3, 0.4) is 0 Å². The van der Waals surface area contributed by atoms with E-state index in [2.05, 4.69) is 22.5 Å². The average molecular weight is 454 g/mol. The van der Waals surface area contributed by atoms with Crippen LogP contribution < -0.4 is 10.6 Å². The summed E-state index contributed by atoms with van der Waals surface area (Å²) in [7, 11) is 3.50. The normalized spacial score (nSPS) is 17.8. The number of ether oxygens (including phenoxy) is 1.